The van der Waals surface area contributed by atoms with Crippen molar-refractivity contribution in [1.82, 2.24) is 39.3 Å². The van der Waals surface area contributed by atoms with Crippen molar-refractivity contribution >= 4 is 16.9 Å². The topological polar surface area (TPSA) is 135 Å². The summed E-state index contributed by atoms with van der Waals surface area (Å²) in [4.78, 5) is 23.6. The molecule has 46 heavy (non-hydrogen) atoms. The van der Waals surface area contributed by atoms with Gasteiger partial charge in [0, 0.05) is 25.2 Å². The number of amides is 1. The smallest absolute Gasteiger partial charge is 0.320 e. The standard InChI is InChI=1S/C31H35F3N8O4/c1-4-26(43)40-15-31(45,16-40)14-39-9-7-22(8-10-39)42-19(2)27(37-38-42)20-11-23-28(41(18-36-23)29(33)34)24(12-20)46-17-30(3,44)25-6-5-21(32)13-35-25/h4-6,11-13,18,22,29,44-45H,1,7-10,14-17H2,2-3H3. The number of pyridine rings is 1. The van der Waals surface area contributed by atoms with Crippen LogP contribution in [0.5, 0.6) is 5.75 Å². The van der Waals surface area contributed by atoms with Gasteiger partial charge in [-0.25, -0.2) is 14.1 Å². The number of carbonyl (C=O) groups excluding carboxylic acids is 1. The Bertz CT molecular complexity index is 1740. The van der Waals surface area contributed by atoms with E-state index in [0.717, 1.165) is 50.2 Å². The molecule has 0 aliphatic carbocycles. The molecule has 12 nitrogen and oxygen atoms in total. The summed E-state index contributed by atoms with van der Waals surface area (Å²) >= 11 is 0. The molecule has 2 saturated heterocycles. The first-order chi connectivity index (χ1) is 21.9. The molecule has 1 aromatic carbocycles. The van der Waals surface area contributed by atoms with Crippen molar-refractivity contribution in [1.29, 1.82) is 0 Å². The molecule has 1 unspecified atom stereocenters. The Morgan fingerprint density at radius 2 is 1.98 bits per heavy atom. The number of rotatable bonds is 10. The third kappa shape index (κ3) is 6.09. The van der Waals surface area contributed by atoms with E-state index in [2.05, 4.69) is 31.8 Å². The van der Waals surface area contributed by atoms with Crippen molar-refractivity contribution in [2.24, 2.45) is 0 Å². The van der Waals surface area contributed by atoms with Gasteiger partial charge >= 0.3 is 6.55 Å². The minimum absolute atomic E-state index is 0.0455. The van der Waals surface area contributed by atoms with E-state index in [1.165, 1.54) is 19.1 Å². The van der Waals surface area contributed by atoms with E-state index in [4.69, 9.17) is 4.74 Å². The molecule has 1 amide bonds. The molecule has 0 radical (unpaired) electrons. The number of hydrogen-bond donors (Lipinski definition) is 2. The van der Waals surface area contributed by atoms with Crippen LogP contribution in [0.4, 0.5) is 13.2 Å². The van der Waals surface area contributed by atoms with E-state index in [0.29, 0.717) is 22.4 Å². The van der Waals surface area contributed by atoms with Gasteiger partial charge in [-0.1, -0.05) is 11.8 Å². The van der Waals surface area contributed by atoms with E-state index in [-0.39, 0.29) is 54.1 Å². The van der Waals surface area contributed by atoms with Gasteiger partial charge in [0.1, 0.15) is 46.9 Å². The van der Waals surface area contributed by atoms with Gasteiger partial charge in [0.05, 0.1) is 42.2 Å². The number of hydrogen-bond acceptors (Lipinski definition) is 9. The average molecular weight is 641 g/mol. The number of likely N-dealkylation sites (tertiary alicyclic amines) is 2. The molecule has 4 aromatic rings. The van der Waals surface area contributed by atoms with Crippen molar-refractivity contribution in [3.63, 3.8) is 0 Å². The first-order valence-corrected chi connectivity index (χ1v) is 14.9. The summed E-state index contributed by atoms with van der Waals surface area (Å²) in [5, 5.41) is 30.7. The lowest BCUT2D eigenvalue weighted by atomic mass is 9.92. The maximum Gasteiger partial charge on any atom is 0.320 e. The molecule has 5 heterocycles. The lowest BCUT2D eigenvalue weighted by molar-refractivity contribution is -0.154. The van der Waals surface area contributed by atoms with Crippen LogP contribution < -0.4 is 4.74 Å². The normalized spacial score (nSPS) is 18.5. The van der Waals surface area contributed by atoms with Crippen LogP contribution >= 0.6 is 0 Å². The van der Waals surface area contributed by atoms with Gasteiger partial charge in [-0.2, -0.15) is 8.78 Å². The number of carbonyl (C=O) groups is 1. The third-order valence-electron chi connectivity index (χ3n) is 8.71. The second kappa shape index (κ2) is 12.1. The lowest BCUT2D eigenvalue weighted by Crippen LogP contribution is -2.67. The molecule has 0 spiro atoms. The van der Waals surface area contributed by atoms with Crippen LogP contribution in [-0.4, -0.2) is 100 Å². The largest absolute Gasteiger partial charge is 0.488 e. The molecular weight excluding hydrogens is 605 g/mol. The van der Waals surface area contributed by atoms with Gasteiger partial charge < -0.3 is 24.7 Å². The van der Waals surface area contributed by atoms with E-state index in [1.54, 1.807) is 17.0 Å². The summed E-state index contributed by atoms with van der Waals surface area (Å²) in [6.07, 6.45) is 4.79. The van der Waals surface area contributed by atoms with Crippen molar-refractivity contribution in [2.75, 3.05) is 39.3 Å². The molecule has 2 aliphatic rings. The lowest BCUT2D eigenvalue weighted by Gasteiger charge is -2.49. The summed E-state index contributed by atoms with van der Waals surface area (Å²) in [6, 6.07) is 5.76. The van der Waals surface area contributed by atoms with Crippen LogP contribution in [0.2, 0.25) is 0 Å². The number of ether oxygens (including phenoxy) is 1. The highest BCUT2D eigenvalue weighted by molar-refractivity contribution is 5.88. The maximum absolute atomic E-state index is 13.9. The number of halogens is 3. The zero-order chi connectivity index (χ0) is 32.8. The van der Waals surface area contributed by atoms with Crippen molar-refractivity contribution in [2.45, 2.75) is 50.5 Å². The number of β-amino-alcohol motifs (C(OH)–C–C–N with tert-alkyl or cyclic N) is 1. The van der Waals surface area contributed by atoms with Crippen LogP contribution in [0.1, 0.15) is 43.7 Å². The minimum Gasteiger partial charge on any atom is -0.488 e. The number of alkyl halides is 2. The Hall–Kier alpha value is -4.34. The SMILES string of the molecule is C=CC(=O)N1CC(O)(CN2CCC(n3nnc(-c4cc(OCC(C)(O)c5ccc(F)cn5)c5c(c4)ncn5C(F)F)c3C)CC2)C1. The predicted molar refractivity (Wildman–Crippen MR) is 160 cm³/mol. The van der Waals surface area contributed by atoms with Crippen molar-refractivity contribution < 1.29 is 32.9 Å². The molecule has 0 saturated carbocycles. The van der Waals surface area contributed by atoms with E-state index in [9.17, 15) is 28.2 Å². The molecule has 6 rings (SSSR count). The van der Waals surface area contributed by atoms with Crippen molar-refractivity contribution in [3.05, 3.63) is 66.6 Å². The first-order valence-electron chi connectivity index (χ1n) is 14.9. The number of nitrogens with zero attached hydrogens (tertiary/aromatic N) is 8. The van der Waals surface area contributed by atoms with Gasteiger partial charge in [0.25, 0.3) is 0 Å². The van der Waals surface area contributed by atoms with Gasteiger partial charge in [0.15, 0.2) is 0 Å². The van der Waals surface area contributed by atoms with Gasteiger partial charge in [-0.05, 0) is 57.0 Å². The quantitative estimate of drug-likeness (QED) is 0.251. The zero-order valence-electron chi connectivity index (χ0n) is 25.5. The Morgan fingerprint density at radius 1 is 1.24 bits per heavy atom. The third-order valence-corrected chi connectivity index (χ3v) is 8.71. The number of aliphatic hydroxyl groups is 2. The number of imidazole rings is 1. The molecule has 2 aliphatic heterocycles. The Balaban J connectivity index is 1.19. The zero-order valence-corrected chi connectivity index (χ0v) is 25.5. The molecule has 1 atom stereocenters. The van der Waals surface area contributed by atoms with Crippen LogP contribution in [-0.2, 0) is 10.4 Å². The van der Waals surface area contributed by atoms with Crippen LogP contribution in [0, 0.1) is 12.7 Å². The van der Waals surface area contributed by atoms with Crippen LogP contribution in [0.3, 0.4) is 0 Å². The summed E-state index contributed by atoms with van der Waals surface area (Å²) in [7, 11) is 0. The van der Waals surface area contributed by atoms with E-state index >= 15 is 0 Å². The minimum atomic E-state index is -2.88. The second-order valence-corrected chi connectivity index (χ2v) is 12.3. The van der Waals surface area contributed by atoms with E-state index < -0.39 is 23.6 Å². The molecule has 2 fully saturated rings. The number of fused-ring (bicyclic) bond motifs is 1. The summed E-state index contributed by atoms with van der Waals surface area (Å²) in [5.74, 6) is -0.695. The number of piperidine rings is 1. The maximum atomic E-state index is 13.9. The molecule has 15 heteroatoms. The van der Waals surface area contributed by atoms with Crippen LogP contribution in [0.25, 0.3) is 22.3 Å². The summed E-state index contributed by atoms with van der Waals surface area (Å²) in [5.41, 5.74) is -0.286. The fraction of sp³-hybridized carbons (Fsp3) is 0.452. The number of aromatic nitrogens is 6. The van der Waals surface area contributed by atoms with Gasteiger partial charge in [-0.15, -0.1) is 5.10 Å². The summed E-state index contributed by atoms with van der Waals surface area (Å²) < 4.78 is 49.7. The van der Waals surface area contributed by atoms with Crippen molar-refractivity contribution in [3.8, 4) is 17.0 Å². The number of benzene rings is 1. The Labute approximate surface area is 262 Å². The molecule has 244 valence electrons. The highest BCUT2D eigenvalue weighted by atomic mass is 19.3. The Morgan fingerprint density at radius 3 is 2.63 bits per heavy atom. The average Bonchev–Trinajstić information content (AvgIpc) is 3.62. The van der Waals surface area contributed by atoms with Gasteiger partial charge in [-0.3, -0.25) is 14.3 Å². The molecule has 2 N–H and O–H groups in total. The second-order valence-electron chi connectivity index (χ2n) is 12.3. The fourth-order valence-electron chi connectivity index (χ4n) is 6.26. The Kier molecular flexibility index (Phi) is 8.33. The summed E-state index contributed by atoms with van der Waals surface area (Å²) in [6.45, 7) is 6.08. The monoisotopic (exact) mass is 640 g/mol. The highest BCUT2D eigenvalue weighted by Gasteiger charge is 2.44. The van der Waals surface area contributed by atoms with Gasteiger partial charge in [0.2, 0.25) is 5.91 Å². The molecule has 3 aromatic heterocycles. The van der Waals surface area contributed by atoms with Crippen LogP contribution in [0.15, 0.2) is 49.4 Å². The highest BCUT2D eigenvalue weighted by Crippen LogP contribution is 2.37. The molecule has 0 bridgehead atoms. The van der Waals surface area contributed by atoms with E-state index in [1.807, 2.05) is 11.6 Å². The molecular formula is C31H35F3N8O4. The predicted octanol–water partition coefficient (Wildman–Crippen LogP) is 3.22. The first kappa shape index (κ1) is 31.6. The fourth-order valence-corrected chi connectivity index (χ4v) is 6.26.